The van der Waals surface area contributed by atoms with Crippen molar-refractivity contribution in [3.8, 4) is 0 Å². The van der Waals surface area contributed by atoms with Gasteiger partial charge in [-0.25, -0.2) is 4.63 Å². The minimum Gasteiger partial charge on any atom is -0.398 e. The summed E-state index contributed by atoms with van der Waals surface area (Å²) in [5.41, 5.74) is 7.25. The molecule has 0 aromatic carbocycles. The van der Waals surface area contributed by atoms with Gasteiger partial charge in [-0.05, 0) is 28.9 Å². The van der Waals surface area contributed by atoms with Crippen molar-refractivity contribution in [2.24, 2.45) is 0 Å². The van der Waals surface area contributed by atoms with Crippen molar-refractivity contribution in [1.82, 2.24) is 14.9 Å². The van der Waals surface area contributed by atoms with Gasteiger partial charge in [-0.15, -0.1) is 0 Å². The second kappa shape index (κ2) is 4.09. The topological polar surface area (TPSA) is 86.9 Å². The molecule has 0 unspecified atom stereocenters. The average Bonchev–Trinajstić information content (AvgIpc) is 2.60. The third kappa shape index (κ3) is 1.99. The second-order valence-electron chi connectivity index (χ2n) is 3.35. The Morgan fingerprint density at radius 1 is 1.56 bits per heavy atom. The Morgan fingerprint density at radius 3 is 2.94 bits per heavy atom. The van der Waals surface area contributed by atoms with Crippen LogP contribution in [-0.2, 0) is 6.54 Å². The van der Waals surface area contributed by atoms with Crippen LogP contribution in [0.4, 0.5) is 5.69 Å². The monoisotopic (exact) mass is 284 g/mol. The number of anilines is 1. The summed E-state index contributed by atoms with van der Waals surface area (Å²) in [4.78, 5) is 11.7. The number of nitrogens with zero attached hydrogens (tertiary/aromatic N) is 3. The Kier molecular flexibility index (Phi) is 2.78. The Hall–Kier alpha value is -1.63. The van der Waals surface area contributed by atoms with E-state index in [1.54, 1.807) is 19.2 Å². The van der Waals surface area contributed by atoms with Crippen LogP contribution in [0.1, 0.15) is 11.4 Å². The molecule has 0 aliphatic carbocycles. The molecule has 6 nitrogen and oxygen atoms in total. The predicted octanol–water partition coefficient (Wildman–Crippen LogP) is 0.933. The molecule has 0 radical (unpaired) electrons. The Labute approximate surface area is 99.2 Å². The van der Waals surface area contributed by atoms with Crippen molar-refractivity contribution in [3.05, 3.63) is 38.5 Å². The molecule has 2 aromatic rings. The summed E-state index contributed by atoms with van der Waals surface area (Å²) >= 11 is 3.15. The maximum absolute atomic E-state index is 11.7. The van der Waals surface area contributed by atoms with Crippen molar-refractivity contribution in [1.29, 1.82) is 0 Å². The minimum absolute atomic E-state index is 0.170. The van der Waals surface area contributed by atoms with Crippen LogP contribution in [0.5, 0.6) is 0 Å². The lowest BCUT2D eigenvalue weighted by molar-refractivity contribution is 0.300. The normalized spacial score (nSPS) is 10.6. The molecule has 2 heterocycles. The highest BCUT2D eigenvalue weighted by Gasteiger charge is 2.09. The zero-order valence-electron chi connectivity index (χ0n) is 8.48. The SMILES string of the molecule is Cc1nonc1Cn1cc(N)cc(Br)c1=O. The van der Waals surface area contributed by atoms with E-state index in [9.17, 15) is 4.79 Å². The van der Waals surface area contributed by atoms with E-state index < -0.39 is 0 Å². The maximum atomic E-state index is 11.7. The van der Waals surface area contributed by atoms with Gasteiger partial charge < -0.3 is 10.3 Å². The summed E-state index contributed by atoms with van der Waals surface area (Å²) < 4.78 is 6.43. The number of halogens is 1. The predicted molar refractivity (Wildman–Crippen MR) is 61.0 cm³/mol. The van der Waals surface area contributed by atoms with Crippen molar-refractivity contribution in [2.45, 2.75) is 13.5 Å². The molecule has 0 fully saturated rings. The lowest BCUT2D eigenvalue weighted by atomic mass is 10.3. The van der Waals surface area contributed by atoms with E-state index in [0.29, 0.717) is 21.5 Å². The van der Waals surface area contributed by atoms with Gasteiger partial charge >= 0.3 is 0 Å². The molecule has 84 valence electrons. The smallest absolute Gasteiger partial charge is 0.265 e. The van der Waals surface area contributed by atoms with Crippen LogP contribution in [-0.4, -0.2) is 14.9 Å². The van der Waals surface area contributed by atoms with E-state index in [0.717, 1.165) is 0 Å². The summed E-state index contributed by atoms with van der Waals surface area (Å²) in [7, 11) is 0. The van der Waals surface area contributed by atoms with Crippen LogP contribution in [0.25, 0.3) is 0 Å². The summed E-state index contributed by atoms with van der Waals surface area (Å²) in [6.45, 7) is 2.05. The average molecular weight is 285 g/mol. The molecule has 0 saturated carbocycles. The molecule has 0 spiro atoms. The molecule has 0 aliphatic rings. The largest absolute Gasteiger partial charge is 0.398 e. The lowest BCUT2D eigenvalue weighted by Gasteiger charge is -2.05. The molecule has 2 aromatic heterocycles. The van der Waals surface area contributed by atoms with Gasteiger partial charge in [0.1, 0.15) is 11.4 Å². The summed E-state index contributed by atoms with van der Waals surface area (Å²) in [5.74, 6) is 0. The molecule has 0 bridgehead atoms. The van der Waals surface area contributed by atoms with Crippen LogP contribution in [0.15, 0.2) is 26.2 Å². The Balaban J connectivity index is 2.43. The van der Waals surface area contributed by atoms with Gasteiger partial charge in [0.2, 0.25) is 0 Å². The molecule has 0 saturated heterocycles. The highest BCUT2D eigenvalue weighted by Crippen LogP contribution is 2.10. The molecule has 2 N–H and O–H groups in total. The summed E-state index contributed by atoms with van der Waals surface area (Å²) in [6, 6.07) is 1.56. The van der Waals surface area contributed by atoms with Crippen LogP contribution in [0.3, 0.4) is 0 Å². The van der Waals surface area contributed by atoms with Crippen molar-refractivity contribution >= 4 is 21.6 Å². The number of pyridine rings is 1. The molecule has 7 heteroatoms. The van der Waals surface area contributed by atoms with Crippen LogP contribution in [0, 0.1) is 6.92 Å². The Morgan fingerprint density at radius 2 is 2.31 bits per heavy atom. The molecular weight excluding hydrogens is 276 g/mol. The van der Waals surface area contributed by atoms with Gasteiger partial charge in [0.05, 0.1) is 11.0 Å². The van der Waals surface area contributed by atoms with Crippen molar-refractivity contribution in [2.75, 3.05) is 5.73 Å². The van der Waals surface area contributed by atoms with Gasteiger partial charge in [-0.1, -0.05) is 10.3 Å². The summed E-state index contributed by atoms with van der Waals surface area (Å²) in [6.07, 6.45) is 1.56. The van der Waals surface area contributed by atoms with Crippen molar-refractivity contribution < 1.29 is 4.63 Å². The first-order chi connectivity index (χ1) is 7.58. The number of nitrogen functional groups attached to an aromatic ring is 1. The highest BCUT2D eigenvalue weighted by molar-refractivity contribution is 9.10. The number of aromatic nitrogens is 3. The van der Waals surface area contributed by atoms with E-state index in [2.05, 4.69) is 30.9 Å². The number of hydrogen-bond acceptors (Lipinski definition) is 5. The molecule has 0 aliphatic heterocycles. The fourth-order valence-corrected chi connectivity index (χ4v) is 1.78. The Bertz CT molecular complexity index is 575. The standard InChI is InChI=1S/C9H9BrN4O2/c1-5-8(13-16-12-5)4-14-3-6(11)2-7(10)9(14)15/h2-3H,4,11H2,1H3. The first-order valence-electron chi connectivity index (χ1n) is 4.51. The number of hydrogen-bond donors (Lipinski definition) is 1. The highest BCUT2D eigenvalue weighted by atomic mass is 79.9. The van der Waals surface area contributed by atoms with E-state index in [1.165, 1.54) is 4.57 Å². The zero-order valence-corrected chi connectivity index (χ0v) is 10.1. The lowest BCUT2D eigenvalue weighted by Crippen LogP contribution is -2.21. The van der Waals surface area contributed by atoms with E-state index in [4.69, 9.17) is 5.73 Å². The molecule has 2 rings (SSSR count). The van der Waals surface area contributed by atoms with Gasteiger partial charge in [0.25, 0.3) is 5.56 Å². The molecule has 0 amide bonds. The summed E-state index contributed by atoms with van der Waals surface area (Å²) in [5, 5.41) is 7.35. The molecule has 16 heavy (non-hydrogen) atoms. The number of nitrogens with two attached hydrogens (primary N) is 1. The third-order valence-corrected chi connectivity index (χ3v) is 2.70. The number of rotatable bonds is 2. The first-order valence-corrected chi connectivity index (χ1v) is 5.30. The van der Waals surface area contributed by atoms with E-state index >= 15 is 0 Å². The third-order valence-electron chi connectivity index (χ3n) is 2.13. The van der Waals surface area contributed by atoms with Crippen LogP contribution < -0.4 is 11.3 Å². The van der Waals surface area contributed by atoms with Crippen LogP contribution in [0.2, 0.25) is 0 Å². The first kappa shape index (κ1) is 10.9. The van der Waals surface area contributed by atoms with E-state index in [1.807, 2.05) is 0 Å². The second-order valence-corrected chi connectivity index (χ2v) is 4.21. The number of aryl methyl sites for hydroxylation is 1. The maximum Gasteiger partial charge on any atom is 0.265 e. The molecule has 0 atom stereocenters. The fraction of sp³-hybridized carbons (Fsp3) is 0.222. The zero-order chi connectivity index (χ0) is 11.7. The minimum atomic E-state index is -0.170. The molecular formula is C9H9BrN4O2. The fourth-order valence-electron chi connectivity index (χ4n) is 1.29. The van der Waals surface area contributed by atoms with Gasteiger partial charge in [0, 0.05) is 11.9 Å². The van der Waals surface area contributed by atoms with Gasteiger partial charge in [0.15, 0.2) is 0 Å². The quantitative estimate of drug-likeness (QED) is 0.887. The van der Waals surface area contributed by atoms with Gasteiger partial charge in [-0.2, -0.15) is 0 Å². The van der Waals surface area contributed by atoms with Crippen LogP contribution >= 0.6 is 15.9 Å². The van der Waals surface area contributed by atoms with Gasteiger partial charge in [-0.3, -0.25) is 4.79 Å². The van der Waals surface area contributed by atoms with Crippen molar-refractivity contribution in [3.63, 3.8) is 0 Å². The van der Waals surface area contributed by atoms with E-state index in [-0.39, 0.29) is 12.1 Å².